The van der Waals surface area contributed by atoms with E-state index in [1.165, 1.54) is 19.3 Å². The highest BCUT2D eigenvalue weighted by molar-refractivity contribution is 7.85. The molecule has 78 valence electrons. The van der Waals surface area contributed by atoms with Crippen LogP contribution in [0.15, 0.2) is 0 Å². The van der Waals surface area contributed by atoms with Crippen molar-refractivity contribution in [1.29, 1.82) is 0 Å². The average molecular weight is 205 g/mol. The summed E-state index contributed by atoms with van der Waals surface area (Å²) in [5.41, 5.74) is 0. The molecule has 1 aliphatic heterocycles. The third-order valence-electron chi connectivity index (χ3n) is 2.40. The van der Waals surface area contributed by atoms with Crippen LogP contribution in [0.3, 0.4) is 0 Å². The van der Waals surface area contributed by atoms with Crippen molar-refractivity contribution in [2.75, 3.05) is 37.7 Å². The van der Waals surface area contributed by atoms with Crippen molar-refractivity contribution >= 4 is 10.8 Å². The van der Waals surface area contributed by atoms with E-state index in [4.69, 9.17) is 5.11 Å². The molecule has 1 aliphatic rings. The number of aliphatic hydroxyl groups is 1. The summed E-state index contributed by atoms with van der Waals surface area (Å²) in [6.45, 7) is 3.31. The Hall–Kier alpha value is 0.0700. The second kappa shape index (κ2) is 6.51. The van der Waals surface area contributed by atoms with Crippen LogP contribution >= 0.6 is 0 Å². The van der Waals surface area contributed by atoms with Crippen molar-refractivity contribution in [3.05, 3.63) is 0 Å². The molecular formula is C9H19NO2S. The molecule has 0 radical (unpaired) electrons. The van der Waals surface area contributed by atoms with Gasteiger partial charge in [-0.25, -0.2) is 0 Å². The fourth-order valence-corrected chi connectivity index (χ4v) is 2.49. The Morgan fingerprint density at radius 3 is 2.46 bits per heavy atom. The lowest BCUT2D eigenvalue weighted by Gasteiger charge is -2.25. The van der Waals surface area contributed by atoms with E-state index in [1.807, 2.05) is 0 Å². The molecule has 3 nitrogen and oxygen atoms in total. The highest BCUT2D eigenvalue weighted by Crippen LogP contribution is 2.07. The van der Waals surface area contributed by atoms with Gasteiger partial charge >= 0.3 is 0 Å². The van der Waals surface area contributed by atoms with Gasteiger partial charge in [0.05, 0.1) is 6.61 Å². The molecule has 0 saturated carbocycles. The number of hydrogen-bond acceptors (Lipinski definition) is 3. The second-order valence-electron chi connectivity index (χ2n) is 3.47. The Morgan fingerprint density at radius 2 is 1.85 bits per heavy atom. The van der Waals surface area contributed by atoms with E-state index in [2.05, 4.69) is 4.90 Å². The van der Waals surface area contributed by atoms with E-state index < -0.39 is 10.8 Å². The second-order valence-corrected chi connectivity index (χ2v) is 5.17. The molecule has 1 saturated heterocycles. The first-order valence-corrected chi connectivity index (χ1v) is 6.50. The van der Waals surface area contributed by atoms with Crippen LogP contribution < -0.4 is 0 Å². The van der Waals surface area contributed by atoms with Crippen LogP contribution in [0, 0.1) is 0 Å². The first-order chi connectivity index (χ1) is 6.33. The molecule has 0 bridgehead atoms. The molecule has 4 heteroatoms. The largest absolute Gasteiger partial charge is 0.395 e. The third kappa shape index (κ3) is 4.74. The lowest BCUT2D eigenvalue weighted by atomic mass is 10.1. The lowest BCUT2D eigenvalue weighted by Crippen LogP contribution is -2.33. The molecule has 1 fully saturated rings. The Bertz CT molecular complexity index is 158. The monoisotopic (exact) mass is 205 g/mol. The van der Waals surface area contributed by atoms with Gasteiger partial charge in [0.25, 0.3) is 0 Å². The summed E-state index contributed by atoms with van der Waals surface area (Å²) in [7, 11) is -0.813. The van der Waals surface area contributed by atoms with Gasteiger partial charge in [0, 0.05) is 28.9 Å². The number of hydrogen-bond donors (Lipinski definition) is 1. The average Bonchev–Trinajstić information content (AvgIpc) is 2.17. The van der Waals surface area contributed by atoms with E-state index in [9.17, 15) is 4.21 Å². The topological polar surface area (TPSA) is 40.5 Å². The standard InChI is InChI=1S/C9H19NO2S/c11-7-9-13(12)8-6-10-4-2-1-3-5-10/h11H,1-9H2. The van der Waals surface area contributed by atoms with Crippen molar-refractivity contribution in [3.63, 3.8) is 0 Å². The van der Waals surface area contributed by atoms with E-state index in [0.717, 1.165) is 25.4 Å². The van der Waals surface area contributed by atoms with Crippen molar-refractivity contribution in [2.45, 2.75) is 19.3 Å². The minimum atomic E-state index is -0.813. The lowest BCUT2D eigenvalue weighted by molar-refractivity contribution is 0.241. The number of likely N-dealkylation sites (tertiary alicyclic amines) is 1. The zero-order chi connectivity index (χ0) is 9.52. The van der Waals surface area contributed by atoms with Gasteiger partial charge in [-0.15, -0.1) is 0 Å². The summed E-state index contributed by atoms with van der Waals surface area (Å²) in [5, 5.41) is 8.57. The van der Waals surface area contributed by atoms with Gasteiger partial charge in [-0.05, 0) is 25.9 Å². The Kier molecular flexibility index (Phi) is 5.58. The smallest absolute Gasteiger partial charge is 0.0546 e. The van der Waals surface area contributed by atoms with Gasteiger partial charge in [0.1, 0.15) is 0 Å². The number of piperidine rings is 1. The van der Waals surface area contributed by atoms with Crippen LogP contribution in [0.5, 0.6) is 0 Å². The van der Waals surface area contributed by atoms with Crippen molar-refractivity contribution < 1.29 is 9.32 Å². The molecule has 0 amide bonds. The Balaban J connectivity index is 2.06. The number of rotatable bonds is 5. The highest BCUT2D eigenvalue weighted by Gasteiger charge is 2.10. The zero-order valence-corrected chi connectivity index (χ0v) is 8.89. The maximum atomic E-state index is 11.2. The van der Waals surface area contributed by atoms with Gasteiger partial charge in [-0.3, -0.25) is 4.21 Å². The summed E-state index contributed by atoms with van der Waals surface area (Å²) < 4.78 is 11.2. The van der Waals surface area contributed by atoms with Crippen LogP contribution in [0.2, 0.25) is 0 Å². The van der Waals surface area contributed by atoms with Gasteiger partial charge in [-0.1, -0.05) is 6.42 Å². The summed E-state index contributed by atoms with van der Waals surface area (Å²) in [6.07, 6.45) is 3.91. The van der Waals surface area contributed by atoms with E-state index in [0.29, 0.717) is 5.75 Å². The maximum Gasteiger partial charge on any atom is 0.0546 e. The fraction of sp³-hybridized carbons (Fsp3) is 1.00. The van der Waals surface area contributed by atoms with E-state index in [-0.39, 0.29) is 6.61 Å². The van der Waals surface area contributed by atoms with Crippen LogP contribution in [-0.2, 0) is 10.8 Å². The predicted molar refractivity (Wildman–Crippen MR) is 55.3 cm³/mol. The molecule has 1 rings (SSSR count). The van der Waals surface area contributed by atoms with Gasteiger partial charge < -0.3 is 10.0 Å². The van der Waals surface area contributed by atoms with Crippen molar-refractivity contribution in [3.8, 4) is 0 Å². The normalized spacial score (nSPS) is 21.6. The maximum absolute atomic E-state index is 11.2. The molecule has 1 heterocycles. The zero-order valence-electron chi connectivity index (χ0n) is 8.07. The quantitative estimate of drug-likeness (QED) is 0.698. The SMILES string of the molecule is O=S(CCO)CCN1CCCCC1. The molecule has 1 unspecified atom stereocenters. The molecule has 0 aliphatic carbocycles. The molecule has 13 heavy (non-hydrogen) atoms. The Labute approximate surface area is 82.6 Å². The van der Waals surface area contributed by atoms with Crippen LogP contribution in [0.4, 0.5) is 0 Å². The van der Waals surface area contributed by atoms with Crippen LogP contribution in [0.25, 0.3) is 0 Å². The minimum Gasteiger partial charge on any atom is -0.395 e. The fourth-order valence-electron chi connectivity index (χ4n) is 1.62. The molecule has 1 N–H and O–H groups in total. The summed E-state index contributed by atoms with van der Waals surface area (Å²) in [5.74, 6) is 1.16. The number of nitrogens with zero attached hydrogens (tertiary/aromatic N) is 1. The molecule has 0 aromatic heterocycles. The molecule has 0 aromatic carbocycles. The van der Waals surface area contributed by atoms with Crippen molar-refractivity contribution in [1.82, 2.24) is 4.90 Å². The van der Waals surface area contributed by atoms with Crippen LogP contribution in [-0.4, -0.2) is 52.0 Å². The summed E-state index contributed by atoms with van der Waals surface area (Å²) >= 11 is 0. The Morgan fingerprint density at radius 1 is 1.15 bits per heavy atom. The summed E-state index contributed by atoms with van der Waals surface area (Å²) in [4.78, 5) is 2.37. The first-order valence-electron chi connectivity index (χ1n) is 5.01. The molecule has 1 atom stereocenters. The van der Waals surface area contributed by atoms with E-state index in [1.54, 1.807) is 0 Å². The van der Waals surface area contributed by atoms with E-state index >= 15 is 0 Å². The number of aliphatic hydroxyl groups excluding tert-OH is 1. The minimum absolute atomic E-state index is 0.0482. The van der Waals surface area contributed by atoms with Gasteiger partial charge in [0.2, 0.25) is 0 Å². The summed E-state index contributed by atoms with van der Waals surface area (Å²) in [6, 6.07) is 0. The molecule has 0 aromatic rings. The third-order valence-corrected chi connectivity index (χ3v) is 3.68. The predicted octanol–water partition coefficient (Wildman–Crippen LogP) is 0.213. The van der Waals surface area contributed by atoms with Crippen LogP contribution in [0.1, 0.15) is 19.3 Å². The first kappa shape index (κ1) is 11.1. The molecular weight excluding hydrogens is 186 g/mol. The molecule has 0 spiro atoms. The highest BCUT2D eigenvalue weighted by atomic mass is 32.2. The van der Waals surface area contributed by atoms with Crippen molar-refractivity contribution in [2.24, 2.45) is 0 Å². The van der Waals surface area contributed by atoms with Gasteiger partial charge in [0.15, 0.2) is 0 Å². The van der Waals surface area contributed by atoms with Gasteiger partial charge in [-0.2, -0.15) is 0 Å².